The summed E-state index contributed by atoms with van der Waals surface area (Å²) in [4.78, 5) is 29.3. The van der Waals surface area contributed by atoms with Crippen molar-refractivity contribution < 1.29 is 18.3 Å². The van der Waals surface area contributed by atoms with Crippen molar-refractivity contribution in [3.8, 4) is 12.1 Å². The predicted molar refractivity (Wildman–Crippen MR) is 174 cm³/mol. The summed E-state index contributed by atoms with van der Waals surface area (Å²) in [6, 6.07) is 14.2. The first-order valence-electron chi connectivity index (χ1n) is 15.1. The molecule has 2 saturated heterocycles. The largest absolute Gasteiger partial charge is 0.467 e. The van der Waals surface area contributed by atoms with Gasteiger partial charge in [-0.2, -0.15) is 15.2 Å². The maximum atomic E-state index is 13.3. The molecule has 45 heavy (non-hydrogen) atoms. The van der Waals surface area contributed by atoms with E-state index in [1.54, 1.807) is 13.2 Å². The Balaban J connectivity index is 0.000000357. The summed E-state index contributed by atoms with van der Waals surface area (Å²) in [7, 11) is 1.56. The number of hydrogen-bond donors (Lipinski definition) is 0. The quantitative estimate of drug-likeness (QED) is 0.324. The van der Waals surface area contributed by atoms with Gasteiger partial charge in [0.1, 0.15) is 12.5 Å². The number of methoxy groups -OCH3 is 1. The summed E-state index contributed by atoms with van der Waals surface area (Å²) < 4.78 is 30.3. The van der Waals surface area contributed by atoms with E-state index in [1.807, 2.05) is 18.2 Å². The Morgan fingerprint density at radius 3 is 2.33 bits per heavy atom. The first-order chi connectivity index (χ1) is 21.8. The van der Waals surface area contributed by atoms with Gasteiger partial charge in [0.25, 0.3) is 5.91 Å². The molecule has 3 aromatic rings. The lowest BCUT2D eigenvalue weighted by Crippen LogP contribution is -2.49. The molecule has 3 aliphatic rings. The van der Waals surface area contributed by atoms with Crippen molar-refractivity contribution in [2.75, 3.05) is 75.9 Å². The number of ether oxygens (including phenoxy) is 1. The third kappa shape index (κ3) is 8.38. The van der Waals surface area contributed by atoms with E-state index in [0.717, 1.165) is 64.6 Å². The Labute approximate surface area is 268 Å². The van der Waals surface area contributed by atoms with Crippen LogP contribution in [0.5, 0.6) is 6.01 Å². The fraction of sp³-hybridized carbons (Fsp3) is 0.455. The first kappa shape index (κ1) is 33.9. The standard InChI is InChI=1S/C25H25ClFN5O2.C6H12FN.C2H3N/c1-16(27)24(33)31-13-11-30(12-14-31)23-18-9-10-32(15-20(18)28-25(29-23)34-2)21-8-4-6-17-5-3-7-19(26)22(17)21;7-3-6-8-4-1-2-5-8;1-2-3/h3-8H,1,9-15H2,2H3;1-6H2;1H3. The molecule has 6 rings (SSSR count). The van der Waals surface area contributed by atoms with Crippen molar-refractivity contribution >= 4 is 39.8 Å². The van der Waals surface area contributed by atoms with Crippen molar-refractivity contribution in [2.45, 2.75) is 32.7 Å². The molecule has 9 nitrogen and oxygen atoms in total. The maximum absolute atomic E-state index is 13.3. The van der Waals surface area contributed by atoms with Gasteiger partial charge in [-0.1, -0.05) is 42.4 Å². The van der Waals surface area contributed by atoms with Crippen molar-refractivity contribution in [1.29, 1.82) is 5.26 Å². The fourth-order valence-electron chi connectivity index (χ4n) is 5.91. The molecule has 0 N–H and O–H groups in total. The van der Waals surface area contributed by atoms with Gasteiger partial charge in [-0.05, 0) is 49.9 Å². The maximum Gasteiger partial charge on any atom is 0.318 e. The van der Waals surface area contributed by atoms with Crippen LogP contribution in [0.4, 0.5) is 20.3 Å². The van der Waals surface area contributed by atoms with Gasteiger partial charge < -0.3 is 24.3 Å². The van der Waals surface area contributed by atoms with E-state index < -0.39 is 11.7 Å². The molecule has 0 unspecified atom stereocenters. The second-order valence-electron chi connectivity index (χ2n) is 10.9. The first-order valence-corrected chi connectivity index (χ1v) is 15.5. The number of carbonyl (C=O) groups excluding carboxylic acids is 1. The zero-order valence-corrected chi connectivity index (χ0v) is 26.7. The van der Waals surface area contributed by atoms with Crippen LogP contribution in [0.2, 0.25) is 5.02 Å². The van der Waals surface area contributed by atoms with Gasteiger partial charge in [-0.3, -0.25) is 4.79 Å². The molecule has 3 aliphatic heterocycles. The number of alkyl halides is 1. The summed E-state index contributed by atoms with van der Waals surface area (Å²) in [5.74, 6) is -0.752. The highest BCUT2D eigenvalue weighted by Crippen LogP contribution is 2.37. The second kappa shape index (κ2) is 16.3. The van der Waals surface area contributed by atoms with Crippen molar-refractivity contribution in [3.05, 3.63) is 65.1 Å². The van der Waals surface area contributed by atoms with Gasteiger partial charge >= 0.3 is 6.01 Å². The number of rotatable bonds is 6. The van der Waals surface area contributed by atoms with Gasteiger partial charge in [0.15, 0.2) is 5.83 Å². The number of halogens is 3. The van der Waals surface area contributed by atoms with E-state index in [0.29, 0.717) is 45.3 Å². The predicted octanol–water partition coefficient (Wildman–Crippen LogP) is 5.57. The third-order valence-electron chi connectivity index (χ3n) is 8.08. The zero-order chi connectivity index (χ0) is 32.3. The summed E-state index contributed by atoms with van der Waals surface area (Å²) >= 11 is 6.57. The highest BCUT2D eigenvalue weighted by Gasteiger charge is 2.29. The summed E-state index contributed by atoms with van der Waals surface area (Å²) in [6.07, 6.45) is 3.29. The average Bonchev–Trinajstić information content (AvgIpc) is 3.58. The van der Waals surface area contributed by atoms with Crippen LogP contribution in [0, 0.1) is 11.3 Å². The Hall–Kier alpha value is -4.01. The minimum atomic E-state index is -0.928. The van der Waals surface area contributed by atoms with Crippen LogP contribution in [-0.2, 0) is 17.8 Å². The normalized spacial score (nSPS) is 16.1. The second-order valence-corrected chi connectivity index (χ2v) is 11.3. The van der Waals surface area contributed by atoms with Gasteiger partial charge in [0.2, 0.25) is 0 Å². The molecular weight excluding hydrogens is 600 g/mol. The molecule has 0 atom stereocenters. The van der Waals surface area contributed by atoms with Gasteiger partial charge in [-0.15, -0.1) is 0 Å². The number of amides is 1. The lowest BCUT2D eigenvalue weighted by atomic mass is 10.0. The summed E-state index contributed by atoms with van der Waals surface area (Å²) in [5.41, 5.74) is 3.07. The van der Waals surface area contributed by atoms with Crippen LogP contribution in [-0.4, -0.2) is 91.8 Å². The van der Waals surface area contributed by atoms with E-state index in [9.17, 15) is 13.6 Å². The third-order valence-corrected chi connectivity index (χ3v) is 8.39. The monoisotopic (exact) mass is 639 g/mol. The van der Waals surface area contributed by atoms with E-state index in [1.165, 1.54) is 24.7 Å². The highest BCUT2D eigenvalue weighted by molar-refractivity contribution is 6.36. The Kier molecular flexibility index (Phi) is 12.3. The van der Waals surface area contributed by atoms with Crippen LogP contribution < -0.4 is 14.5 Å². The zero-order valence-electron chi connectivity index (χ0n) is 25.9. The molecule has 0 spiro atoms. The average molecular weight is 640 g/mol. The number of anilines is 2. The lowest BCUT2D eigenvalue weighted by Gasteiger charge is -2.38. The molecule has 12 heteroatoms. The molecule has 0 aliphatic carbocycles. The molecule has 0 bridgehead atoms. The molecule has 2 fully saturated rings. The number of nitrogens with zero attached hydrogens (tertiary/aromatic N) is 7. The minimum absolute atomic E-state index is 0.181. The summed E-state index contributed by atoms with van der Waals surface area (Å²) in [6.45, 7) is 10.6. The van der Waals surface area contributed by atoms with E-state index in [-0.39, 0.29) is 6.67 Å². The van der Waals surface area contributed by atoms with Crippen molar-refractivity contribution in [1.82, 2.24) is 19.8 Å². The van der Waals surface area contributed by atoms with Crippen LogP contribution in [0.1, 0.15) is 31.0 Å². The van der Waals surface area contributed by atoms with Gasteiger partial charge in [-0.25, -0.2) is 8.78 Å². The molecule has 1 amide bonds. The molecule has 4 heterocycles. The molecule has 0 saturated carbocycles. The minimum Gasteiger partial charge on any atom is -0.467 e. The highest BCUT2D eigenvalue weighted by atomic mass is 35.5. The number of fused-ring (bicyclic) bond motifs is 2. The molecular formula is C33H40ClF2N7O2. The Morgan fingerprint density at radius 1 is 1.04 bits per heavy atom. The number of carbonyl (C=O) groups is 1. The SMILES string of the molecule is C=C(F)C(=O)N1CCN(c2nc(OC)nc3c2CCN(c2cccc4cccc(Cl)c24)C3)CC1.CC#N.FCCN1CCCC1. The van der Waals surface area contributed by atoms with E-state index in [2.05, 4.69) is 49.4 Å². The molecule has 1 aromatic heterocycles. The number of aromatic nitrogens is 2. The number of piperazine rings is 1. The van der Waals surface area contributed by atoms with Crippen LogP contribution >= 0.6 is 11.6 Å². The number of benzene rings is 2. The Bertz CT molecular complexity index is 1510. The summed E-state index contributed by atoms with van der Waals surface area (Å²) in [5, 5.41) is 10.2. The van der Waals surface area contributed by atoms with E-state index >= 15 is 0 Å². The molecule has 2 aromatic carbocycles. The van der Waals surface area contributed by atoms with Crippen molar-refractivity contribution in [3.63, 3.8) is 0 Å². The van der Waals surface area contributed by atoms with Crippen LogP contribution in [0.3, 0.4) is 0 Å². The van der Waals surface area contributed by atoms with Crippen molar-refractivity contribution in [2.24, 2.45) is 0 Å². The number of hydrogen-bond acceptors (Lipinski definition) is 8. The molecule has 0 radical (unpaired) electrons. The Morgan fingerprint density at radius 2 is 1.71 bits per heavy atom. The topological polar surface area (TPSA) is 88.8 Å². The number of nitriles is 1. The number of likely N-dealkylation sites (tertiary alicyclic amines) is 1. The van der Waals surface area contributed by atoms with Gasteiger partial charge in [0, 0.05) is 62.8 Å². The smallest absolute Gasteiger partial charge is 0.318 e. The van der Waals surface area contributed by atoms with E-state index in [4.69, 9.17) is 21.6 Å². The van der Waals surface area contributed by atoms with Gasteiger partial charge in [0.05, 0.1) is 30.4 Å². The van der Waals surface area contributed by atoms with Crippen LogP contribution in [0.25, 0.3) is 10.8 Å². The lowest BCUT2D eigenvalue weighted by molar-refractivity contribution is -0.128. The molecule has 240 valence electrons. The van der Waals surface area contributed by atoms with Crippen LogP contribution in [0.15, 0.2) is 48.8 Å². The fourth-order valence-corrected chi connectivity index (χ4v) is 6.18.